The smallest absolute Gasteiger partial charge is 0.305 e. The van der Waals surface area contributed by atoms with E-state index < -0.39 is 11.6 Å². The highest BCUT2D eigenvalue weighted by atomic mass is 16.5. The van der Waals surface area contributed by atoms with E-state index in [-0.39, 0.29) is 17.8 Å². The number of unbranched alkanes of at least 4 members (excludes halogenated alkanes) is 21. The molecule has 1 unspecified atom stereocenters. The van der Waals surface area contributed by atoms with Gasteiger partial charge in [-0.2, -0.15) is 0 Å². The Morgan fingerprint density at radius 1 is 0.583 bits per heavy atom. The van der Waals surface area contributed by atoms with E-state index in [4.69, 9.17) is 10.5 Å². The van der Waals surface area contributed by atoms with Gasteiger partial charge in [-0.05, 0) is 118 Å². The minimum Gasteiger partial charge on any atom is -0.466 e. The molecule has 0 bridgehead atoms. The third kappa shape index (κ3) is 38.5. The van der Waals surface area contributed by atoms with Crippen molar-refractivity contribution in [3.05, 3.63) is 36.5 Å². The molecule has 0 saturated heterocycles. The van der Waals surface area contributed by atoms with Crippen molar-refractivity contribution in [2.45, 2.75) is 239 Å². The number of carbonyl (C=O) groups excluding carboxylic acids is 3. The van der Waals surface area contributed by atoms with E-state index in [0.29, 0.717) is 45.5 Å². The summed E-state index contributed by atoms with van der Waals surface area (Å²) in [6.07, 6.45) is 46.4. The summed E-state index contributed by atoms with van der Waals surface area (Å²) in [6.45, 7) is 13.3. The molecule has 0 aromatic carbocycles. The lowest BCUT2D eigenvalue weighted by molar-refractivity contribution is -0.144. The van der Waals surface area contributed by atoms with Crippen molar-refractivity contribution in [2.75, 3.05) is 39.8 Å². The first-order valence-corrected chi connectivity index (χ1v) is 25.2. The van der Waals surface area contributed by atoms with Crippen LogP contribution < -0.4 is 11.1 Å². The van der Waals surface area contributed by atoms with Crippen LogP contribution in [0.3, 0.4) is 0 Å². The fourth-order valence-electron chi connectivity index (χ4n) is 7.39. The number of amides is 2. The molecule has 0 aliphatic heterocycles. The molecule has 0 aliphatic rings. The molecule has 0 fully saturated rings. The predicted molar refractivity (Wildman–Crippen MR) is 258 cm³/mol. The standard InChI is InChI=1S/C52H98N4O4/c1-7-9-11-13-15-17-19-21-23-25-27-29-31-33-37-41-49(57)56(46-45-55(6)44-43-53)48(51(59)54-52(3,4)5)40-36-35-39-47-60-50(58)42-38-34-32-30-28-26-24-22-20-18-16-14-12-10-8-2/h15,17,21-24,48H,7-14,16,18-20,25-47,53H2,1-6H3,(H,54,59)/b17-15-,23-21-,24-22-. The maximum atomic E-state index is 13.8. The Labute approximate surface area is 371 Å². The summed E-state index contributed by atoms with van der Waals surface area (Å²) in [6, 6.07) is -0.537. The molecule has 8 nitrogen and oxygen atoms in total. The van der Waals surface area contributed by atoms with Crippen LogP contribution >= 0.6 is 0 Å². The third-order valence-corrected chi connectivity index (χ3v) is 11.1. The van der Waals surface area contributed by atoms with Crippen LogP contribution in [0.25, 0.3) is 0 Å². The van der Waals surface area contributed by atoms with Crippen LogP contribution in [-0.4, -0.2) is 79.0 Å². The number of esters is 1. The van der Waals surface area contributed by atoms with Gasteiger partial charge in [-0.3, -0.25) is 14.4 Å². The Hall–Kier alpha value is -2.45. The van der Waals surface area contributed by atoms with E-state index in [9.17, 15) is 14.4 Å². The number of nitrogens with two attached hydrogens (primary N) is 1. The average molecular weight is 843 g/mol. The van der Waals surface area contributed by atoms with Crippen molar-refractivity contribution in [3.63, 3.8) is 0 Å². The zero-order valence-corrected chi connectivity index (χ0v) is 40.4. The van der Waals surface area contributed by atoms with Crippen LogP contribution in [0.4, 0.5) is 0 Å². The number of allylic oxidation sites excluding steroid dienone is 6. The molecule has 0 radical (unpaired) electrons. The van der Waals surface area contributed by atoms with Crippen LogP contribution in [0.5, 0.6) is 0 Å². The van der Waals surface area contributed by atoms with Crippen molar-refractivity contribution in [1.82, 2.24) is 15.1 Å². The molecule has 3 N–H and O–H groups in total. The van der Waals surface area contributed by atoms with E-state index in [1.54, 1.807) is 0 Å². The minimum atomic E-state index is -0.537. The Morgan fingerprint density at radius 3 is 1.60 bits per heavy atom. The van der Waals surface area contributed by atoms with Crippen LogP contribution in [0, 0.1) is 0 Å². The van der Waals surface area contributed by atoms with Gasteiger partial charge >= 0.3 is 5.97 Å². The van der Waals surface area contributed by atoms with E-state index in [1.807, 2.05) is 32.7 Å². The van der Waals surface area contributed by atoms with E-state index >= 15 is 0 Å². The highest BCUT2D eigenvalue weighted by molar-refractivity contribution is 5.88. The normalized spacial score (nSPS) is 12.7. The molecule has 0 aromatic heterocycles. The summed E-state index contributed by atoms with van der Waals surface area (Å²) >= 11 is 0. The lowest BCUT2D eigenvalue weighted by Gasteiger charge is -2.34. The molecule has 350 valence electrons. The van der Waals surface area contributed by atoms with E-state index in [0.717, 1.165) is 77.2 Å². The summed E-state index contributed by atoms with van der Waals surface area (Å²) in [5, 5.41) is 3.16. The molecule has 0 rings (SSSR count). The molecule has 0 spiro atoms. The van der Waals surface area contributed by atoms with E-state index in [1.165, 1.54) is 103 Å². The van der Waals surface area contributed by atoms with Crippen LogP contribution in [-0.2, 0) is 19.1 Å². The first-order chi connectivity index (χ1) is 29.1. The van der Waals surface area contributed by atoms with Gasteiger partial charge in [0.15, 0.2) is 0 Å². The number of nitrogens with one attached hydrogen (secondary N) is 1. The largest absolute Gasteiger partial charge is 0.466 e. The number of hydrogen-bond acceptors (Lipinski definition) is 6. The average Bonchev–Trinajstić information content (AvgIpc) is 3.20. The molecule has 0 aromatic rings. The number of hydrogen-bond donors (Lipinski definition) is 2. The second kappa shape index (κ2) is 41.9. The summed E-state index contributed by atoms with van der Waals surface area (Å²) in [5.74, 6) is -0.147. The SMILES string of the molecule is CCCCC/C=C\C/C=C\CCCCCCCC(=O)N(CCN(C)CCN)C(CCCCCOC(=O)CCCCCCC/C=C\CCCCCCCC)C(=O)NC(C)(C)C. The van der Waals surface area contributed by atoms with Crippen molar-refractivity contribution >= 4 is 17.8 Å². The monoisotopic (exact) mass is 843 g/mol. The molecule has 0 heterocycles. The lowest BCUT2D eigenvalue weighted by Crippen LogP contribution is -2.55. The fourth-order valence-corrected chi connectivity index (χ4v) is 7.39. The maximum absolute atomic E-state index is 13.8. The second-order valence-electron chi connectivity index (χ2n) is 18.3. The zero-order valence-electron chi connectivity index (χ0n) is 40.4. The van der Waals surface area contributed by atoms with Crippen LogP contribution in [0.1, 0.15) is 227 Å². The summed E-state index contributed by atoms with van der Waals surface area (Å²) in [5.41, 5.74) is 5.41. The van der Waals surface area contributed by atoms with Gasteiger partial charge in [0.2, 0.25) is 11.8 Å². The minimum absolute atomic E-state index is 0.0560. The predicted octanol–water partition coefficient (Wildman–Crippen LogP) is 12.9. The molecule has 0 aliphatic carbocycles. The number of carbonyl (C=O) groups is 3. The van der Waals surface area contributed by atoms with Crippen molar-refractivity contribution < 1.29 is 19.1 Å². The maximum Gasteiger partial charge on any atom is 0.305 e. The summed E-state index contributed by atoms with van der Waals surface area (Å²) in [4.78, 5) is 44.0. The number of ether oxygens (including phenoxy) is 1. The highest BCUT2D eigenvalue weighted by Gasteiger charge is 2.31. The van der Waals surface area contributed by atoms with Gasteiger partial charge in [0.05, 0.1) is 6.61 Å². The molecule has 2 amide bonds. The lowest BCUT2D eigenvalue weighted by atomic mass is 10.0. The zero-order chi connectivity index (χ0) is 44.4. The second-order valence-corrected chi connectivity index (χ2v) is 18.3. The summed E-state index contributed by atoms with van der Waals surface area (Å²) < 4.78 is 5.56. The first-order valence-electron chi connectivity index (χ1n) is 25.2. The van der Waals surface area contributed by atoms with Gasteiger partial charge in [0, 0.05) is 44.6 Å². The van der Waals surface area contributed by atoms with Crippen molar-refractivity contribution in [1.29, 1.82) is 0 Å². The molecule has 60 heavy (non-hydrogen) atoms. The van der Waals surface area contributed by atoms with Crippen molar-refractivity contribution in [2.24, 2.45) is 5.73 Å². The summed E-state index contributed by atoms with van der Waals surface area (Å²) in [7, 11) is 2.01. The van der Waals surface area contributed by atoms with Crippen LogP contribution in [0.2, 0.25) is 0 Å². The molecule has 0 saturated carbocycles. The van der Waals surface area contributed by atoms with Gasteiger partial charge < -0.3 is 25.6 Å². The molecule has 8 heteroatoms. The Kier molecular flexibility index (Phi) is 40.2. The van der Waals surface area contributed by atoms with E-state index in [2.05, 4.69) is 60.5 Å². The van der Waals surface area contributed by atoms with Gasteiger partial charge in [-0.15, -0.1) is 0 Å². The quantitative estimate of drug-likeness (QED) is 0.0360. The Morgan fingerprint density at radius 2 is 1.05 bits per heavy atom. The van der Waals surface area contributed by atoms with Crippen molar-refractivity contribution in [3.8, 4) is 0 Å². The molecular formula is C52H98N4O4. The van der Waals surface area contributed by atoms with Gasteiger partial charge in [0.1, 0.15) is 6.04 Å². The fraction of sp³-hybridized carbons (Fsp3) is 0.827. The topological polar surface area (TPSA) is 105 Å². The highest BCUT2D eigenvalue weighted by Crippen LogP contribution is 2.17. The van der Waals surface area contributed by atoms with Gasteiger partial charge in [-0.1, -0.05) is 140 Å². The van der Waals surface area contributed by atoms with Gasteiger partial charge in [-0.25, -0.2) is 0 Å². The van der Waals surface area contributed by atoms with Crippen LogP contribution in [0.15, 0.2) is 36.5 Å². The van der Waals surface area contributed by atoms with Gasteiger partial charge in [0.25, 0.3) is 0 Å². The number of likely N-dealkylation sites (N-methyl/N-ethyl adjacent to an activating group) is 1. The number of rotatable bonds is 42. The first kappa shape index (κ1) is 57.5. The Balaban J connectivity index is 4.68. The molecular weight excluding hydrogens is 745 g/mol. The molecule has 1 atom stereocenters. The Bertz CT molecular complexity index is 1100. The number of nitrogens with zero attached hydrogens (tertiary/aromatic N) is 2. The third-order valence-electron chi connectivity index (χ3n) is 11.1.